The van der Waals surface area contributed by atoms with Gasteiger partial charge in [0.25, 0.3) is 5.91 Å². The fourth-order valence-electron chi connectivity index (χ4n) is 2.74. The molecular formula is C19H21ClN6O2. The van der Waals surface area contributed by atoms with Crippen LogP contribution in [0.25, 0.3) is 5.69 Å². The van der Waals surface area contributed by atoms with E-state index in [9.17, 15) is 4.79 Å². The summed E-state index contributed by atoms with van der Waals surface area (Å²) in [5.74, 6) is 0.244. The second-order valence-corrected chi connectivity index (χ2v) is 6.64. The fraction of sp³-hybridized carbons (Fsp3) is 0.316. The van der Waals surface area contributed by atoms with Gasteiger partial charge >= 0.3 is 0 Å². The molecule has 1 atom stereocenters. The molecule has 0 spiro atoms. The minimum absolute atomic E-state index is 0.198. The zero-order valence-corrected chi connectivity index (χ0v) is 16.7. The number of aryl methyl sites for hydroxylation is 1. The van der Waals surface area contributed by atoms with E-state index in [1.165, 1.54) is 11.0 Å². The SMILES string of the molecule is CCN(C(=O)c1nc(C)ccc1-n1nccn1)[C@@H](C)COc1ccc(Cl)cn1. The molecule has 0 saturated carbocycles. The summed E-state index contributed by atoms with van der Waals surface area (Å²) in [6, 6.07) is 6.82. The second kappa shape index (κ2) is 8.79. The Balaban J connectivity index is 1.79. The lowest BCUT2D eigenvalue weighted by molar-refractivity contribution is 0.0640. The van der Waals surface area contributed by atoms with Crippen molar-refractivity contribution in [2.24, 2.45) is 0 Å². The number of aromatic nitrogens is 5. The van der Waals surface area contributed by atoms with Crippen molar-refractivity contribution in [2.45, 2.75) is 26.8 Å². The van der Waals surface area contributed by atoms with Crippen molar-refractivity contribution in [3.05, 3.63) is 59.3 Å². The van der Waals surface area contributed by atoms with Crippen molar-refractivity contribution in [1.29, 1.82) is 0 Å². The Labute approximate surface area is 168 Å². The molecule has 146 valence electrons. The van der Waals surface area contributed by atoms with E-state index in [0.29, 0.717) is 28.8 Å². The van der Waals surface area contributed by atoms with Crippen LogP contribution in [0.15, 0.2) is 42.9 Å². The van der Waals surface area contributed by atoms with Gasteiger partial charge in [-0.2, -0.15) is 10.2 Å². The van der Waals surface area contributed by atoms with E-state index in [1.54, 1.807) is 35.5 Å². The highest BCUT2D eigenvalue weighted by Gasteiger charge is 2.25. The zero-order chi connectivity index (χ0) is 20.1. The van der Waals surface area contributed by atoms with E-state index in [-0.39, 0.29) is 18.6 Å². The van der Waals surface area contributed by atoms with Crippen LogP contribution in [0.3, 0.4) is 0 Å². The minimum Gasteiger partial charge on any atom is -0.475 e. The Hall–Kier alpha value is -3.00. The van der Waals surface area contributed by atoms with Crippen molar-refractivity contribution in [3.8, 4) is 11.6 Å². The molecule has 0 saturated heterocycles. The smallest absolute Gasteiger partial charge is 0.275 e. The van der Waals surface area contributed by atoms with Crippen molar-refractivity contribution >= 4 is 17.5 Å². The number of amides is 1. The van der Waals surface area contributed by atoms with Crippen LogP contribution < -0.4 is 4.74 Å². The molecule has 0 unspecified atom stereocenters. The summed E-state index contributed by atoms with van der Waals surface area (Å²) in [6.45, 7) is 6.45. The van der Waals surface area contributed by atoms with E-state index < -0.39 is 0 Å². The predicted molar refractivity (Wildman–Crippen MR) is 105 cm³/mol. The number of carbonyl (C=O) groups excluding carboxylic acids is 1. The quantitative estimate of drug-likeness (QED) is 0.606. The highest BCUT2D eigenvalue weighted by molar-refractivity contribution is 6.30. The van der Waals surface area contributed by atoms with Crippen LogP contribution >= 0.6 is 11.6 Å². The summed E-state index contributed by atoms with van der Waals surface area (Å²) >= 11 is 5.84. The molecule has 0 N–H and O–H groups in total. The number of carbonyl (C=O) groups is 1. The van der Waals surface area contributed by atoms with Crippen LogP contribution in [0.1, 0.15) is 30.0 Å². The number of pyridine rings is 2. The standard InChI is InChI=1S/C19H21ClN6O2/c1-4-25(14(3)12-28-17-8-6-15(20)11-21-17)19(27)18-16(7-5-13(2)24-18)26-22-9-10-23-26/h5-11,14H,4,12H2,1-3H3/t14-/m0/s1. The number of hydrogen-bond donors (Lipinski definition) is 0. The number of nitrogens with zero attached hydrogens (tertiary/aromatic N) is 6. The Morgan fingerprint density at radius 3 is 2.64 bits per heavy atom. The van der Waals surface area contributed by atoms with Gasteiger partial charge in [-0.05, 0) is 39.0 Å². The van der Waals surface area contributed by atoms with Gasteiger partial charge in [-0.3, -0.25) is 4.79 Å². The average Bonchev–Trinajstić information content (AvgIpc) is 3.22. The van der Waals surface area contributed by atoms with Gasteiger partial charge in [-0.1, -0.05) is 11.6 Å². The molecule has 0 aromatic carbocycles. The maximum absolute atomic E-state index is 13.2. The third-order valence-corrected chi connectivity index (χ3v) is 4.38. The van der Waals surface area contributed by atoms with Crippen LogP contribution in [0.5, 0.6) is 5.88 Å². The number of halogens is 1. The molecule has 28 heavy (non-hydrogen) atoms. The Bertz CT molecular complexity index is 930. The van der Waals surface area contributed by atoms with Crippen molar-refractivity contribution in [1.82, 2.24) is 29.9 Å². The molecule has 0 aliphatic heterocycles. The average molecular weight is 401 g/mol. The van der Waals surface area contributed by atoms with E-state index in [0.717, 1.165) is 5.69 Å². The summed E-state index contributed by atoms with van der Waals surface area (Å²) in [5, 5.41) is 8.78. The van der Waals surface area contributed by atoms with Crippen LogP contribution in [0.4, 0.5) is 0 Å². The molecule has 3 rings (SSSR count). The highest BCUT2D eigenvalue weighted by Crippen LogP contribution is 2.17. The van der Waals surface area contributed by atoms with E-state index >= 15 is 0 Å². The van der Waals surface area contributed by atoms with E-state index in [4.69, 9.17) is 16.3 Å². The topological polar surface area (TPSA) is 86.0 Å². The fourth-order valence-corrected chi connectivity index (χ4v) is 2.86. The summed E-state index contributed by atoms with van der Waals surface area (Å²) in [5.41, 5.74) is 1.57. The number of ether oxygens (including phenoxy) is 1. The third kappa shape index (κ3) is 4.45. The normalized spacial score (nSPS) is 11.9. The third-order valence-electron chi connectivity index (χ3n) is 4.16. The Morgan fingerprint density at radius 2 is 2.00 bits per heavy atom. The number of likely N-dealkylation sites (N-methyl/N-ethyl adjacent to an activating group) is 1. The molecule has 1 amide bonds. The molecular weight excluding hydrogens is 380 g/mol. The first-order valence-corrected chi connectivity index (χ1v) is 9.27. The monoisotopic (exact) mass is 400 g/mol. The first kappa shape index (κ1) is 19.8. The van der Waals surface area contributed by atoms with Crippen molar-refractivity contribution in [2.75, 3.05) is 13.2 Å². The van der Waals surface area contributed by atoms with Crippen molar-refractivity contribution in [3.63, 3.8) is 0 Å². The zero-order valence-electron chi connectivity index (χ0n) is 15.9. The van der Waals surface area contributed by atoms with E-state index in [1.807, 2.05) is 26.8 Å². The second-order valence-electron chi connectivity index (χ2n) is 6.20. The predicted octanol–water partition coefficient (Wildman–Crippen LogP) is 2.95. The number of hydrogen-bond acceptors (Lipinski definition) is 6. The molecule has 3 aromatic rings. The Morgan fingerprint density at radius 1 is 1.25 bits per heavy atom. The summed E-state index contributed by atoms with van der Waals surface area (Å²) in [7, 11) is 0. The van der Waals surface area contributed by atoms with Gasteiger partial charge in [0.2, 0.25) is 5.88 Å². The van der Waals surface area contributed by atoms with Crippen LogP contribution in [0.2, 0.25) is 5.02 Å². The van der Waals surface area contributed by atoms with Gasteiger partial charge < -0.3 is 9.64 Å². The van der Waals surface area contributed by atoms with Crippen LogP contribution in [-0.4, -0.2) is 55.0 Å². The van der Waals surface area contributed by atoms with Gasteiger partial charge in [0.15, 0.2) is 5.69 Å². The number of rotatable bonds is 7. The first-order chi connectivity index (χ1) is 13.5. The lowest BCUT2D eigenvalue weighted by atomic mass is 10.2. The van der Waals surface area contributed by atoms with Crippen LogP contribution in [-0.2, 0) is 0 Å². The first-order valence-electron chi connectivity index (χ1n) is 8.89. The van der Waals surface area contributed by atoms with Gasteiger partial charge in [-0.25, -0.2) is 9.97 Å². The molecule has 0 radical (unpaired) electrons. The molecule has 3 heterocycles. The Kier molecular flexibility index (Phi) is 6.20. The van der Waals surface area contributed by atoms with Gasteiger partial charge in [-0.15, -0.1) is 4.80 Å². The maximum Gasteiger partial charge on any atom is 0.275 e. The molecule has 0 fully saturated rings. The maximum atomic E-state index is 13.2. The molecule has 0 aliphatic rings. The molecule has 3 aromatic heterocycles. The molecule has 9 heteroatoms. The van der Waals surface area contributed by atoms with Gasteiger partial charge in [0, 0.05) is 24.5 Å². The summed E-state index contributed by atoms with van der Waals surface area (Å²) in [4.78, 5) is 24.9. The molecule has 0 aliphatic carbocycles. The van der Waals surface area contributed by atoms with Gasteiger partial charge in [0.1, 0.15) is 12.3 Å². The van der Waals surface area contributed by atoms with Gasteiger partial charge in [0.05, 0.1) is 23.5 Å². The van der Waals surface area contributed by atoms with E-state index in [2.05, 4.69) is 20.2 Å². The molecule has 0 bridgehead atoms. The summed E-state index contributed by atoms with van der Waals surface area (Å²) < 4.78 is 5.70. The minimum atomic E-state index is -0.210. The lowest BCUT2D eigenvalue weighted by Gasteiger charge is -2.28. The van der Waals surface area contributed by atoms with Crippen molar-refractivity contribution < 1.29 is 9.53 Å². The van der Waals surface area contributed by atoms with Crippen LogP contribution in [0, 0.1) is 6.92 Å². The lowest BCUT2D eigenvalue weighted by Crippen LogP contribution is -2.42. The summed E-state index contributed by atoms with van der Waals surface area (Å²) in [6.07, 6.45) is 4.63. The largest absolute Gasteiger partial charge is 0.475 e. The highest BCUT2D eigenvalue weighted by atomic mass is 35.5. The molecule has 8 nitrogen and oxygen atoms in total.